The topological polar surface area (TPSA) is 63.3 Å². The molecule has 0 saturated carbocycles. The largest absolute Gasteiger partial charge is 0.480 e. The molecule has 17 heavy (non-hydrogen) atoms. The summed E-state index contributed by atoms with van der Waals surface area (Å²) >= 11 is 2.94. The summed E-state index contributed by atoms with van der Waals surface area (Å²) in [5, 5.41) is 8.58. The molecule has 1 unspecified atom stereocenters. The molecule has 0 aliphatic heterocycles. The third-order valence-electron chi connectivity index (χ3n) is 2.06. The van der Waals surface area contributed by atoms with Crippen molar-refractivity contribution in [2.75, 3.05) is 0 Å². The van der Waals surface area contributed by atoms with Gasteiger partial charge in [0.05, 0.1) is 5.56 Å². The minimum atomic E-state index is -4.47. The van der Waals surface area contributed by atoms with Crippen LogP contribution in [0.1, 0.15) is 11.1 Å². The highest BCUT2D eigenvalue weighted by Crippen LogP contribution is 2.32. The number of aliphatic carboxylic acids is 1. The van der Waals surface area contributed by atoms with Crippen LogP contribution in [0, 0.1) is 0 Å². The normalized spacial score (nSPS) is 13.5. The van der Waals surface area contributed by atoms with Crippen LogP contribution in [0.25, 0.3) is 0 Å². The van der Waals surface area contributed by atoms with E-state index in [0.29, 0.717) is 0 Å². The van der Waals surface area contributed by atoms with E-state index in [1.54, 1.807) is 0 Å². The molecule has 0 aliphatic carbocycles. The molecule has 0 heterocycles. The number of hydrogen-bond acceptors (Lipinski definition) is 2. The first-order valence-corrected chi connectivity index (χ1v) is 5.34. The van der Waals surface area contributed by atoms with E-state index >= 15 is 0 Å². The van der Waals surface area contributed by atoms with Gasteiger partial charge in [-0.05, 0) is 30.2 Å². The van der Waals surface area contributed by atoms with Crippen molar-refractivity contribution >= 4 is 21.9 Å². The van der Waals surface area contributed by atoms with Gasteiger partial charge in [-0.2, -0.15) is 13.2 Å². The molecule has 0 aromatic heterocycles. The van der Waals surface area contributed by atoms with Crippen LogP contribution in [0.2, 0.25) is 0 Å². The van der Waals surface area contributed by atoms with Crippen LogP contribution in [0.15, 0.2) is 22.7 Å². The molecule has 0 fully saturated rings. The molecule has 1 rings (SSSR count). The number of benzene rings is 1. The van der Waals surface area contributed by atoms with Gasteiger partial charge in [0.1, 0.15) is 6.04 Å². The van der Waals surface area contributed by atoms with Crippen LogP contribution in [-0.4, -0.2) is 17.1 Å². The van der Waals surface area contributed by atoms with E-state index in [2.05, 4.69) is 15.9 Å². The van der Waals surface area contributed by atoms with E-state index in [-0.39, 0.29) is 16.5 Å². The van der Waals surface area contributed by atoms with Crippen molar-refractivity contribution in [2.45, 2.75) is 18.6 Å². The molecule has 1 aromatic carbocycles. The van der Waals surface area contributed by atoms with Crippen molar-refractivity contribution in [1.82, 2.24) is 0 Å². The molecule has 0 saturated heterocycles. The highest BCUT2D eigenvalue weighted by Gasteiger charge is 2.31. The maximum Gasteiger partial charge on any atom is 0.416 e. The molecular formula is C10H9BrF3NO2. The number of halogens is 4. The first-order chi connectivity index (χ1) is 7.70. The van der Waals surface area contributed by atoms with Crippen molar-refractivity contribution in [2.24, 2.45) is 5.73 Å². The van der Waals surface area contributed by atoms with Gasteiger partial charge in [-0.15, -0.1) is 0 Å². The Bertz CT molecular complexity index is 434. The number of nitrogens with two attached hydrogens (primary N) is 1. The zero-order valence-corrected chi connectivity index (χ0v) is 10.0. The molecule has 7 heteroatoms. The highest BCUT2D eigenvalue weighted by atomic mass is 79.9. The molecule has 1 aromatic rings. The average molecular weight is 312 g/mol. The molecule has 0 amide bonds. The number of carboxylic acid groups (broad SMARTS) is 1. The van der Waals surface area contributed by atoms with Gasteiger partial charge in [0.15, 0.2) is 0 Å². The number of carboxylic acids is 1. The van der Waals surface area contributed by atoms with Crippen molar-refractivity contribution in [3.8, 4) is 0 Å². The lowest BCUT2D eigenvalue weighted by molar-refractivity contribution is -0.138. The predicted molar refractivity (Wildman–Crippen MR) is 58.5 cm³/mol. The summed E-state index contributed by atoms with van der Waals surface area (Å²) < 4.78 is 37.7. The molecule has 0 aliphatic rings. The minimum Gasteiger partial charge on any atom is -0.480 e. The highest BCUT2D eigenvalue weighted by molar-refractivity contribution is 9.10. The lowest BCUT2D eigenvalue weighted by Crippen LogP contribution is -2.32. The van der Waals surface area contributed by atoms with E-state index in [1.165, 1.54) is 6.07 Å². The summed E-state index contributed by atoms with van der Waals surface area (Å²) in [7, 11) is 0. The second-order valence-electron chi connectivity index (χ2n) is 3.49. The van der Waals surface area contributed by atoms with Crippen molar-refractivity contribution < 1.29 is 23.1 Å². The summed E-state index contributed by atoms with van der Waals surface area (Å²) in [6, 6.07) is 2.02. The van der Waals surface area contributed by atoms with Crippen LogP contribution in [0.4, 0.5) is 13.2 Å². The smallest absolute Gasteiger partial charge is 0.416 e. The molecule has 94 valence electrons. The Hall–Kier alpha value is -1.08. The van der Waals surface area contributed by atoms with Crippen LogP contribution < -0.4 is 5.73 Å². The number of rotatable bonds is 3. The minimum absolute atomic E-state index is 0.155. The lowest BCUT2D eigenvalue weighted by Gasteiger charge is -2.11. The fraction of sp³-hybridized carbons (Fsp3) is 0.300. The molecule has 1 atom stereocenters. The van der Waals surface area contributed by atoms with Crippen LogP contribution in [0.5, 0.6) is 0 Å². The zero-order valence-electron chi connectivity index (χ0n) is 8.46. The Kier molecular flexibility index (Phi) is 4.16. The summed E-state index contributed by atoms with van der Waals surface area (Å²) in [4.78, 5) is 10.5. The van der Waals surface area contributed by atoms with Gasteiger partial charge in [0.25, 0.3) is 0 Å². The first kappa shape index (κ1) is 14.0. The van der Waals surface area contributed by atoms with Gasteiger partial charge in [0, 0.05) is 4.47 Å². The Morgan fingerprint density at radius 1 is 1.41 bits per heavy atom. The maximum absolute atomic E-state index is 12.5. The van der Waals surface area contributed by atoms with Crippen molar-refractivity contribution in [1.29, 1.82) is 0 Å². The van der Waals surface area contributed by atoms with Gasteiger partial charge < -0.3 is 10.8 Å². The van der Waals surface area contributed by atoms with Crippen LogP contribution in [0.3, 0.4) is 0 Å². The van der Waals surface area contributed by atoms with Crippen molar-refractivity contribution in [3.05, 3.63) is 33.8 Å². The van der Waals surface area contributed by atoms with E-state index in [4.69, 9.17) is 10.8 Å². The molecule has 0 spiro atoms. The maximum atomic E-state index is 12.5. The molecule has 3 N–H and O–H groups in total. The van der Waals surface area contributed by atoms with E-state index in [0.717, 1.165) is 12.1 Å². The summed E-state index contributed by atoms with van der Waals surface area (Å²) in [5.41, 5.74) is 4.65. The van der Waals surface area contributed by atoms with Gasteiger partial charge in [0.2, 0.25) is 0 Å². The summed E-state index contributed by atoms with van der Waals surface area (Å²) in [6.45, 7) is 0. The third kappa shape index (κ3) is 4.01. The van der Waals surface area contributed by atoms with Crippen molar-refractivity contribution in [3.63, 3.8) is 0 Å². The molecule has 0 radical (unpaired) electrons. The van der Waals surface area contributed by atoms with E-state index in [1.807, 2.05) is 0 Å². The molecular weight excluding hydrogens is 303 g/mol. The SMILES string of the molecule is NC(Cc1cc(Br)cc(C(F)(F)F)c1)C(=O)O. The molecule has 3 nitrogen and oxygen atoms in total. The Morgan fingerprint density at radius 2 is 2.00 bits per heavy atom. The zero-order chi connectivity index (χ0) is 13.2. The van der Waals surface area contributed by atoms with E-state index in [9.17, 15) is 18.0 Å². The first-order valence-electron chi connectivity index (χ1n) is 4.55. The number of alkyl halides is 3. The Labute approximate surface area is 104 Å². The average Bonchev–Trinajstić information content (AvgIpc) is 2.15. The van der Waals surface area contributed by atoms with Gasteiger partial charge >= 0.3 is 12.1 Å². The fourth-order valence-electron chi connectivity index (χ4n) is 1.27. The Balaban J connectivity index is 3.02. The number of carbonyl (C=O) groups is 1. The predicted octanol–water partition coefficient (Wildman–Crippen LogP) is 2.42. The monoisotopic (exact) mass is 311 g/mol. The summed E-state index contributed by atoms with van der Waals surface area (Å²) in [6.07, 6.45) is -4.62. The summed E-state index contributed by atoms with van der Waals surface area (Å²) in [5.74, 6) is -1.25. The van der Waals surface area contributed by atoms with E-state index < -0.39 is 23.8 Å². The second-order valence-corrected chi connectivity index (χ2v) is 4.41. The van der Waals surface area contributed by atoms with Gasteiger partial charge in [-0.3, -0.25) is 4.79 Å². The second kappa shape index (κ2) is 5.05. The van der Waals surface area contributed by atoms with Gasteiger partial charge in [-0.1, -0.05) is 15.9 Å². The van der Waals surface area contributed by atoms with Crippen LogP contribution >= 0.6 is 15.9 Å². The fourth-order valence-corrected chi connectivity index (χ4v) is 1.81. The van der Waals surface area contributed by atoms with Crippen LogP contribution in [-0.2, 0) is 17.4 Å². The molecule has 0 bridgehead atoms. The third-order valence-corrected chi connectivity index (χ3v) is 2.52. The lowest BCUT2D eigenvalue weighted by atomic mass is 10.0. The quantitative estimate of drug-likeness (QED) is 0.901. The standard InChI is InChI=1S/C10H9BrF3NO2/c11-7-2-5(3-8(15)9(16)17)1-6(4-7)10(12,13)14/h1-2,4,8H,3,15H2,(H,16,17). The van der Waals surface area contributed by atoms with Gasteiger partial charge in [-0.25, -0.2) is 0 Å². The Morgan fingerprint density at radius 3 is 2.47 bits per heavy atom. The number of hydrogen-bond donors (Lipinski definition) is 2.